The van der Waals surface area contributed by atoms with Crippen molar-refractivity contribution in [1.29, 1.82) is 0 Å². The molecular formula is C16H12Cl2N2O2. The van der Waals surface area contributed by atoms with Crippen LogP contribution in [0.4, 0.5) is 0 Å². The predicted molar refractivity (Wildman–Crippen MR) is 86.8 cm³/mol. The largest absolute Gasteiger partial charge is 0.358 e. The lowest BCUT2D eigenvalue weighted by Gasteiger charge is -2.03. The van der Waals surface area contributed by atoms with E-state index in [-0.39, 0.29) is 0 Å². The van der Waals surface area contributed by atoms with E-state index in [4.69, 9.17) is 28.4 Å². The molecule has 2 aromatic carbocycles. The van der Waals surface area contributed by atoms with Gasteiger partial charge in [0.25, 0.3) is 5.91 Å². The number of benzene rings is 2. The Morgan fingerprint density at radius 2 is 1.91 bits per heavy atom. The number of rotatable bonds is 3. The molecule has 1 heterocycles. The molecule has 0 fully saturated rings. The summed E-state index contributed by atoms with van der Waals surface area (Å²) < 4.78 is 0. The van der Waals surface area contributed by atoms with Crippen molar-refractivity contribution in [2.75, 3.05) is 0 Å². The lowest BCUT2D eigenvalue weighted by atomic mass is 10.1. The van der Waals surface area contributed by atoms with Crippen LogP contribution < -0.4 is 5.48 Å². The number of hydrogen-bond donors (Lipinski definition) is 3. The van der Waals surface area contributed by atoms with Crippen molar-refractivity contribution < 1.29 is 10.0 Å². The van der Waals surface area contributed by atoms with E-state index in [0.717, 1.165) is 22.2 Å². The number of carbonyl (C=O) groups is 1. The first-order valence-corrected chi connectivity index (χ1v) is 7.32. The Hall–Kier alpha value is -2.01. The molecule has 6 heteroatoms. The first-order chi connectivity index (χ1) is 10.6. The highest BCUT2D eigenvalue weighted by Gasteiger charge is 2.08. The fourth-order valence-corrected chi connectivity index (χ4v) is 2.72. The number of aromatic nitrogens is 1. The molecule has 3 N–H and O–H groups in total. The van der Waals surface area contributed by atoms with E-state index in [1.165, 1.54) is 0 Å². The van der Waals surface area contributed by atoms with Crippen LogP contribution in [0.1, 0.15) is 21.6 Å². The topological polar surface area (TPSA) is 65.1 Å². The van der Waals surface area contributed by atoms with Gasteiger partial charge in [-0.1, -0.05) is 35.3 Å². The molecule has 22 heavy (non-hydrogen) atoms. The molecule has 112 valence electrons. The molecule has 0 saturated heterocycles. The summed E-state index contributed by atoms with van der Waals surface area (Å²) in [6.07, 6.45) is 0.621. The summed E-state index contributed by atoms with van der Waals surface area (Å²) in [6, 6.07) is 12.7. The molecule has 4 nitrogen and oxygen atoms in total. The fourth-order valence-electron chi connectivity index (χ4n) is 2.39. The van der Waals surface area contributed by atoms with Crippen molar-refractivity contribution >= 4 is 40.0 Å². The molecular weight excluding hydrogens is 323 g/mol. The van der Waals surface area contributed by atoms with Crippen molar-refractivity contribution in [3.63, 3.8) is 0 Å². The van der Waals surface area contributed by atoms with Gasteiger partial charge in [0.15, 0.2) is 0 Å². The van der Waals surface area contributed by atoms with E-state index < -0.39 is 5.91 Å². The van der Waals surface area contributed by atoms with Gasteiger partial charge >= 0.3 is 0 Å². The first kappa shape index (κ1) is 14.9. The van der Waals surface area contributed by atoms with Crippen LogP contribution in [0, 0.1) is 0 Å². The van der Waals surface area contributed by atoms with Crippen LogP contribution >= 0.6 is 23.2 Å². The number of fused-ring (bicyclic) bond motifs is 1. The molecule has 1 aromatic heterocycles. The predicted octanol–water partition coefficient (Wildman–Crippen LogP) is 4.18. The summed E-state index contributed by atoms with van der Waals surface area (Å²) in [5.74, 6) is -0.530. The van der Waals surface area contributed by atoms with Gasteiger partial charge in [0.05, 0.1) is 10.0 Å². The number of hydroxylamine groups is 1. The molecule has 0 saturated carbocycles. The van der Waals surface area contributed by atoms with Gasteiger partial charge in [0, 0.05) is 28.6 Å². The van der Waals surface area contributed by atoms with Crippen molar-refractivity contribution in [3.05, 3.63) is 69.3 Å². The van der Waals surface area contributed by atoms with Crippen LogP contribution in [0.5, 0.6) is 0 Å². The maximum atomic E-state index is 11.4. The third kappa shape index (κ3) is 2.95. The van der Waals surface area contributed by atoms with Gasteiger partial charge in [-0.3, -0.25) is 10.0 Å². The Kier molecular flexibility index (Phi) is 4.07. The molecule has 0 aliphatic heterocycles. The van der Waals surface area contributed by atoms with Crippen molar-refractivity contribution in [2.45, 2.75) is 6.42 Å². The number of halogens is 2. The van der Waals surface area contributed by atoms with Gasteiger partial charge in [-0.2, -0.15) is 0 Å². The Bertz CT molecular complexity index is 819. The number of aromatic amines is 1. The standard InChI is InChI=1S/C16H12Cl2N2O2/c17-13-7-11-6-12(19-15(11)8-14(13)18)5-9-2-1-3-10(4-9)16(21)20-22/h1-4,6-8,19,22H,5H2,(H,20,21). The minimum Gasteiger partial charge on any atom is -0.358 e. The minimum atomic E-state index is -0.530. The lowest BCUT2D eigenvalue weighted by molar-refractivity contribution is 0.0706. The summed E-state index contributed by atoms with van der Waals surface area (Å²) in [4.78, 5) is 14.7. The van der Waals surface area contributed by atoms with E-state index in [0.29, 0.717) is 22.0 Å². The summed E-state index contributed by atoms with van der Waals surface area (Å²) in [6.45, 7) is 0. The maximum Gasteiger partial charge on any atom is 0.274 e. The van der Waals surface area contributed by atoms with Crippen molar-refractivity contribution in [1.82, 2.24) is 10.5 Å². The highest BCUT2D eigenvalue weighted by atomic mass is 35.5. The van der Waals surface area contributed by atoms with E-state index in [2.05, 4.69) is 4.98 Å². The van der Waals surface area contributed by atoms with E-state index in [1.807, 2.05) is 18.2 Å². The van der Waals surface area contributed by atoms with Crippen LogP contribution in [-0.4, -0.2) is 16.1 Å². The Balaban J connectivity index is 1.91. The molecule has 3 rings (SSSR count). The quantitative estimate of drug-likeness (QED) is 0.496. The number of carbonyl (C=O) groups excluding carboxylic acids is 1. The molecule has 0 atom stereocenters. The smallest absolute Gasteiger partial charge is 0.274 e. The fraction of sp³-hybridized carbons (Fsp3) is 0.0625. The summed E-state index contributed by atoms with van der Waals surface area (Å²) in [5.41, 5.74) is 4.88. The maximum absolute atomic E-state index is 11.4. The monoisotopic (exact) mass is 334 g/mol. The van der Waals surface area contributed by atoms with E-state index >= 15 is 0 Å². The molecule has 0 aliphatic carbocycles. The second-order valence-electron chi connectivity index (χ2n) is 4.97. The number of nitrogens with one attached hydrogen (secondary N) is 2. The van der Waals surface area contributed by atoms with Crippen LogP contribution in [-0.2, 0) is 6.42 Å². The second-order valence-corrected chi connectivity index (χ2v) is 5.78. The van der Waals surface area contributed by atoms with Gasteiger partial charge in [0.1, 0.15) is 0 Å². The van der Waals surface area contributed by atoms with E-state index in [9.17, 15) is 4.79 Å². The summed E-state index contributed by atoms with van der Waals surface area (Å²) >= 11 is 12.0. The average molecular weight is 335 g/mol. The molecule has 0 radical (unpaired) electrons. The second kappa shape index (κ2) is 6.01. The molecule has 0 aliphatic rings. The molecule has 0 bridgehead atoms. The Morgan fingerprint density at radius 3 is 2.68 bits per heavy atom. The van der Waals surface area contributed by atoms with Crippen molar-refractivity contribution in [2.24, 2.45) is 0 Å². The van der Waals surface area contributed by atoms with Gasteiger partial charge < -0.3 is 4.98 Å². The normalized spacial score (nSPS) is 10.9. The Morgan fingerprint density at radius 1 is 1.14 bits per heavy atom. The zero-order chi connectivity index (χ0) is 15.7. The van der Waals surface area contributed by atoms with Crippen LogP contribution in [0.2, 0.25) is 10.0 Å². The van der Waals surface area contributed by atoms with Crippen LogP contribution in [0.25, 0.3) is 10.9 Å². The highest BCUT2D eigenvalue weighted by Crippen LogP contribution is 2.28. The first-order valence-electron chi connectivity index (χ1n) is 6.57. The van der Waals surface area contributed by atoms with Gasteiger partial charge in [0.2, 0.25) is 0 Å². The summed E-state index contributed by atoms with van der Waals surface area (Å²) in [5, 5.41) is 10.7. The zero-order valence-corrected chi connectivity index (χ0v) is 12.9. The van der Waals surface area contributed by atoms with Gasteiger partial charge in [-0.05, 0) is 35.9 Å². The Labute approximate surface area is 136 Å². The highest BCUT2D eigenvalue weighted by molar-refractivity contribution is 6.42. The zero-order valence-electron chi connectivity index (χ0n) is 11.4. The summed E-state index contributed by atoms with van der Waals surface area (Å²) in [7, 11) is 0. The van der Waals surface area contributed by atoms with Crippen molar-refractivity contribution in [3.8, 4) is 0 Å². The van der Waals surface area contributed by atoms with E-state index in [1.54, 1.807) is 29.7 Å². The minimum absolute atomic E-state index is 0.405. The van der Waals surface area contributed by atoms with Gasteiger partial charge in [-0.15, -0.1) is 0 Å². The third-order valence-electron chi connectivity index (χ3n) is 3.40. The third-order valence-corrected chi connectivity index (χ3v) is 4.12. The van der Waals surface area contributed by atoms with Crippen LogP contribution in [0.3, 0.4) is 0 Å². The molecule has 0 unspecified atom stereocenters. The average Bonchev–Trinajstić information content (AvgIpc) is 2.88. The SMILES string of the molecule is O=C(NO)c1cccc(Cc2cc3cc(Cl)c(Cl)cc3[nH]2)c1. The van der Waals surface area contributed by atoms with Gasteiger partial charge in [-0.25, -0.2) is 5.48 Å². The molecule has 1 amide bonds. The van der Waals surface area contributed by atoms with Crippen LogP contribution in [0.15, 0.2) is 42.5 Å². The molecule has 0 spiro atoms. The lowest BCUT2D eigenvalue weighted by Crippen LogP contribution is -2.18. The molecule has 3 aromatic rings. The number of hydrogen-bond acceptors (Lipinski definition) is 2. The number of H-pyrrole nitrogens is 1. The number of amides is 1.